The molecule has 1 aliphatic heterocycles. The molecule has 14 heteroatoms. The number of fused-ring (bicyclic) bond motifs is 2. The molecule has 14 nitrogen and oxygen atoms in total. The molecule has 1 aliphatic carbocycles. The number of nitrogens with one attached hydrogen (secondary N) is 3. The van der Waals surface area contributed by atoms with Crippen molar-refractivity contribution in [3.8, 4) is 0 Å². The molecule has 8 unspecified atom stereocenters. The van der Waals surface area contributed by atoms with Crippen molar-refractivity contribution < 1.29 is 39.9 Å². The van der Waals surface area contributed by atoms with Gasteiger partial charge in [0, 0.05) is 37.3 Å². The number of aldehydes is 2. The van der Waals surface area contributed by atoms with E-state index >= 15 is 0 Å². The van der Waals surface area contributed by atoms with Crippen molar-refractivity contribution in [2.24, 2.45) is 28.3 Å². The van der Waals surface area contributed by atoms with Crippen LogP contribution in [0.15, 0.2) is 65.3 Å². The molecule has 2 aromatic carbocycles. The summed E-state index contributed by atoms with van der Waals surface area (Å²) >= 11 is 0. The normalized spacial score (nSPS) is 21.9. The average Bonchev–Trinajstić information content (AvgIpc) is 3.70. The number of benzene rings is 2. The Morgan fingerprint density at radius 2 is 1.82 bits per heavy atom. The fraction of sp³-hybridized carbons (Fsp3) is 0.535. The molecule has 0 spiro atoms. The summed E-state index contributed by atoms with van der Waals surface area (Å²) in [5, 5.41) is 57.8. The lowest BCUT2D eigenvalue weighted by molar-refractivity contribution is -0.131. The van der Waals surface area contributed by atoms with Crippen LogP contribution in [-0.2, 0) is 27.2 Å². The van der Waals surface area contributed by atoms with Crippen LogP contribution in [0, 0.1) is 11.8 Å². The van der Waals surface area contributed by atoms with E-state index in [0.29, 0.717) is 43.5 Å². The van der Waals surface area contributed by atoms with E-state index in [9.17, 15) is 39.9 Å². The monoisotopic (exact) mass is 788 g/mol. The Bertz CT molecular complexity index is 1830. The number of nitrogens with two attached hydrogens (primary N) is 2. The summed E-state index contributed by atoms with van der Waals surface area (Å²) in [6, 6.07) is 12.6. The molecule has 2 heterocycles. The zero-order valence-electron chi connectivity index (χ0n) is 32.5. The maximum absolute atomic E-state index is 12.5. The highest BCUT2D eigenvalue weighted by Crippen LogP contribution is 2.45. The highest BCUT2D eigenvalue weighted by molar-refractivity contribution is 5.86. The number of hydrogen-bond donors (Lipinski definition) is 10. The van der Waals surface area contributed by atoms with Crippen molar-refractivity contribution in [1.29, 1.82) is 0 Å². The lowest BCUT2D eigenvalue weighted by atomic mass is 9.69. The number of carbonyl (C=O) groups excluding carboxylic acids is 2. The number of guanidine groups is 1. The van der Waals surface area contributed by atoms with Gasteiger partial charge in [0.15, 0.2) is 12.2 Å². The summed E-state index contributed by atoms with van der Waals surface area (Å²) in [7, 11) is 0. The second-order valence-corrected chi connectivity index (χ2v) is 15.8. The van der Waals surface area contributed by atoms with Crippen molar-refractivity contribution in [2.75, 3.05) is 11.9 Å². The number of anilines is 1. The summed E-state index contributed by atoms with van der Waals surface area (Å²) in [6.45, 7) is -0.214. The number of hydrogen-bond acceptors (Lipinski definition) is 12. The highest BCUT2D eigenvalue weighted by atomic mass is 16.5. The van der Waals surface area contributed by atoms with Gasteiger partial charge in [0.2, 0.25) is 0 Å². The number of carboxylic acids is 1. The Balaban J connectivity index is 1.45. The molecule has 0 saturated carbocycles. The number of aromatic nitrogens is 1. The number of aliphatic hydroxyl groups excluding tert-OH is 3. The zero-order chi connectivity index (χ0) is 40.9. The molecule has 1 aromatic heterocycles. The second kappa shape index (κ2) is 21.2. The van der Waals surface area contributed by atoms with E-state index in [1.54, 1.807) is 6.20 Å². The van der Waals surface area contributed by atoms with E-state index in [2.05, 4.69) is 44.9 Å². The number of carboxylic acid groups (broad SMARTS) is 1. The van der Waals surface area contributed by atoms with Crippen molar-refractivity contribution in [1.82, 2.24) is 10.3 Å². The van der Waals surface area contributed by atoms with Crippen LogP contribution in [0.2, 0.25) is 0 Å². The molecule has 5 rings (SSSR count). The summed E-state index contributed by atoms with van der Waals surface area (Å²) in [4.78, 5) is 43.4. The van der Waals surface area contributed by atoms with E-state index in [1.165, 1.54) is 17.2 Å². The fourth-order valence-electron chi connectivity index (χ4n) is 8.79. The van der Waals surface area contributed by atoms with Crippen molar-refractivity contribution in [3.63, 3.8) is 0 Å². The molecule has 8 atom stereocenters. The van der Waals surface area contributed by atoms with E-state index in [4.69, 9.17) is 11.5 Å². The van der Waals surface area contributed by atoms with E-state index in [1.807, 2.05) is 18.2 Å². The van der Waals surface area contributed by atoms with Crippen molar-refractivity contribution in [2.45, 2.75) is 126 Å². The summed E-state index contributed by atoms with van der Waals surface area (Å²) < 4.78 is 0. The van der Waals surface area contributed by atoms with Gasteiger partial charge in [-0.2, -0.15) is 0 Å². The first kappa shape index (κ1) is 43.5. The predicted octanol–water partition coefficient (Wildman–Crippen LogP) is 3.41. The minimum absolute atomic E-state index is 0.0913. The molecular weight excluding hydrogens is 729 g/mol. The molecule has 0 radical (unpaired) electrons. The van der Waals surface area contributed by atoms with Crippen molar-refractivity contribution >= 4 is 41.1 Å². The number of aliphatic imine (C=N–C) groups is 1. The molecular formula is C43H60N6O8. The van der Waals surface area contributed by atoms with Gasteiger partial charge < -0.3 is 62.2 Å². The van der Waals surface area contributed by atoms with Gasteiger partial charge >= 0.3 is 5.97 Å². The van der Waals surface area contributed by atoms with E-state index in [0.717, 1.165) is 61.0 Å². The third-order valence-electron chi connectivity index (χ3n) is 11.8. The van der Waals surface area contributed by atoms with Gasteiger partial charge in [-0.3, -0.25) is 0 Å². The number of aromatic amines is 1. The third-order valence-corrected chi connectivity index (χ3v) is 11.8. The molecule has 57 heavy (non-hydrogen) atoms. The van der Waals surface area contributed by atoms with Crippen LogP contribution in [0.4, 0.5) is 5.82 Å². The molecule has 0 amide bonds. The molecule has 310 valence electrons. The summed E-state index contributed by atoms with van der Waals surface area (Å²) in [6.07, 6.45) is 9.53. The summed E-state index contributed by atoms with van der Waals surface area (Å²) in [5.41, 5.74) is 16.8. The minimum atomic E-state index is -1.44. The highest BCUT2D eigenvalue weighted by Gasteiger charge is 2.37. The average molecular weight is 789 g/mol. The number of aryl methyl sites for hydroxylation is 1. The lowest BCUT2D eigenvalue weighted by Gasteiger charge is -2.39. The Hall–Kier alpha value is -4.60. The molecule has 0 bridgehead atoms. The third kappa shape index (κ3) is 12.4. The van der Waals surface area contributed by atoms with Crippen LogP contribution in [0.5, 0.6) is 0 Å². The topological polar surface area (TPSA) is 257 Å². The van der Waals surface area contributed by atoms with Gasteiger partial charge in [0.25, 0.3) is 0 Å². The standard InChI is InChI=1S/C43H60N6O8/c44-32(12-7-27(25-52)8-13-41(54)55)3-1-4-33-30(11-10-29-20-28-9-6-26(14-17-50)19-31(28)21-34(29)33)22-36(47-40-5-2-16-46-40)35(23-42(56)57)37-24-38(39(53)15-18-51)49-43(45)48-37/h2,5-6,9,16-17,19-21,23,25,27,30,32-33,36-39,41,46-47,51,53-55H,1,3-4,7-8,10-15,18,22,24,44H2,(H,56,57)(H3,45,48,49). The minimum Gasteiger partial charge on any atom is -0.478 e. The Labute approximate surface area is 333 Å². The van der Waals surface area contributed by atoms with Gasteiger partial charge in [-0.05, 0) is 128 Å². The summed E-state index contributed by atoms with van der Waals surface area (Å²) in [5.74, 6) is -0.394. The second-order valence-electron chi connectivity index (χ2n) is 15.8. The van der Waals surface area contributed by atoms with Gasteiger partial charge in [-0.15, -0.1) is 0 Å². The molecule has 0 fully saturated rings. The smallest absolute Gasteiger partial charge is 0.328 e. The predicted molar refractivity (Wildman–Crippen MR) is 220 cm³/mol. The first-order valence-corrected chi connectivity index (χ1v) is 20.3. The van der Waals surface area contributed by atoms with Crippen LogP contribution < -0.4 is 22.1 Å². The largest absolute Gasteiger partial charge is 0.478 e. The van der Waals surface area contributed by atoms with Crippen LogP contribution in [0.25, 0.3) is 10.8 Å². The number of carbonyl (C=O) groups is 3. The first-order valence-electron chi connectivity index (χ1n) is 20.3. The SMILES string of the molecule is NC1=NC(C(=CC(=O)O)C(CC2CCc3cc4ccc(CC=O)cc4cc3C2CCCC(N)CCC(C=O)CCC(O)O)Nc2ccc[nH]2)CC(C(O)CCO)N1. The van der Waals surface area contributed by atoms with Crippen LogP contribution in [0.1, 0.15) is 93.2 Å². The quantitative estimate of drug-likeness (QED) is 0.0377. The molecule has 2 aliphatic rings. The van der Waals surface area contributed by atoms with Gasteiger partial charge in [0.05, 0.1) is 24.2 Å². The zero-order valence-corrected chi connectivity index (χ0v) is 32.5. The molecule has 3 aromatic rings. The maximum atomic E-state index is 12.5. The van der Waals surface area contributed by atoms with Crippen LogP contribution >= 0.6 is 0 Å². The lowest BCUT2D eigenvalue weighted by Crippen LogP contribution is -2.53. The number of aliphatic hydroxyl groups is 4. The Morgan fingerprint density at radius 1 is 1.02 bits per heavy atom. The van der Waals surface area contributed by atoms with Gasteiger partial charge in [0.1, 0.15) is 18.4 Å². The molecule has 0 saturated heterocycles. The Kier molecular flexibility index (Phi) is 16.2. The van der Waals surface area contributed by atoms with E-state index in [-0.39, 0.29) is 55.6 Å². The maximum Gasteiger partial charge on any atom is 0.328 e. The van der Waals surface area contributed by atoms with Crippen LogP contribution in [-0.4, -0.2) is 98.2 Å². The van der Waals surface area contributed by atoms with Crippen LogP contribution in [0.3, 0.4) is 0 Å². The number of rotatable bonds is 23. The van der Waals surface area contributed by atoms with Gasteiger partial charge in [-0.1, -0.05) is 36.8 Å². The Morgan fingerprint density at radius 3 is 2.53 bits per heavy atom. The van der Waals surface area contributed by atoms with E-state index < -0.39 is 36.5 Å². The molecule has 12 N–H and O–H groups in total. The number of H-pyrrole nitrogens is 1. The first-order chi connectivity index (χ1) is 27.5. The number of nitrogens with zero attached hydrogens (tertiary/aromatic N) is 1. The number of aliphatic carboxylic acids is 1. The fourth-order valence-corrected chi connectivity index (χ4v) is 8.79. The van der Waals surface area contributed by atoms with Gasteiger partial charge in [-0.25, -0.2) is 9.79 Å². The van der Waals surface area contributed by atoms with Crippen molar-refractivity contribution in [3.05, 3.63) is 77.0 Å².